The van der Waals surface area contributed by atoms with Gasteiger partial charge < -0.3 is 5.32 Å². The number of nitrogens with one attached hydrogen (secondary N) is 1. The molecule has 0 radical (unpaired) electrons. The van der Waals surface area contributed by atoms with Crippen molar-refractivity contribution in [1.29, 1.82) is 0 Å². The van der Waals surface area contributed by atoms with Crippen LogP contribution in [0.4, 0.5) is 4.39 Å². The van der Waals surface area contributed by atoms with Gasteiger partial charge in [-0.2, -0.15) is 0 Å². The molecule has 2 aromatic rings. The summed E-state index contributed by atoms with van der Waals surface area (Å²) in [6.07, 6.45) is 0. The van der Waals surface area contributed by atoms with Gasteiger partial charge in [-0.05, 0) is 52.7 Å². The Morgan fingerprint density at radius 3 is 2.68 bits per heavy atom. The number of aryl methyl sites for hydroxylation is 1. The lowest BCUT2D eigenvalue weighted by Crippen LogP contribution is -2.21. The van der Waals surface area contributed by atoms with Crippen LogP contribution in [-0.4, -0.2) is 6.54 Å². The summed E-state index contributed by atoms with van der Waals surface area (Å²) in [5, 5.41) is 3.41. The monoisotopic (exact) mass is 361 g/mol. The number of hydrogen-bond acceptors (Lipinski definition) is 2. The molecule has 0 spiro atoms. The van der Waals surface area contributed by atoms with Gasteiger partial charge >= 0.3 is 0 Å². The molecule has 0 saturated heterocycles. The van der Waals surface area contributed by atoms with Crippen molar-refractivity contribution in [3.63, 3.8) is 0 Å². The maximum atomic E-state index is 13.4. The Morgan fingerprint density at radius 2 is 2.16 bits per heavy atom. The van der Waals surface area contributed by atoms with Crippen molar-refractivity contribution in [2.75, 3.05) is 6.54 Å². The first-order valence-electron chi connectivity index (χ1n) is 5.97. The van der Waals surface area contributed by atoms with E-state index in [9.17, 15) is 4.39 Å². The Morgan fingerprint density at radius 1 is 1.42 bits per heavy atom. The summed E-state index contributed by atoms with van der Waals surface area (Å²) in [6, 6.07) is 7.26. The molecule has 19 heavy (non-hydrogen) atoms. The molecule has 1 aromatic heterocycles. The number of benzene rings is 1. The van der Waals surface area contributed by atoms with Crippen molar-refractivity contribution in [2.45, 2.75) is 19.9 Å². The molecule has 2 rings (SSSR count). The topological polar surface area (TPSA) is 12.0 Å². The molecule has 102 valence electrons. The molecule has 0 saturated carbocycles. The SMILES string of the molecule is CCNC(c1ccc(F)c(C)c1)c1cc(Br)c(Cl)s1. The minimum absolute atomic E-state index is 0.0399. The number of hydrogen-bond donors (Lipinski definition) is 1. The van der Waals surface area contributed by atoms with Gasteiger partial charge in [-0.15, -0.1) is 11.3 Å². The van der Waals surface area contributed by atoms with E-state index in [0.29, 0.717) is 5.56 Å². The van der Waals surface area contributed by atoms with Crippen molar-refractivity contribution in [2.24, 2.45) is 0 Å². The van der Waals surface area contributed by atoms with Crippen molar-refractivity contribution < 1.29 is 4.39 Å². The fourth-order valence-electron chi connectivity index (χ4n) is 1.94. The van der Waals surface area contributed by atoms with Crippen molar-refractivity contribution in [3.8, 4) is 0 Å². The predicted octanol–water partition coefficient (Wildman–Crippen LogP) is 5.31. The lowest BCUT2D eigenvalue weighted by atomic mass is 10.0. The van der Waals surface area contributed by atoms with E-state index in [0.717, 1.165) is 25.8 Å². The first-order chi connectivity index (χ1) is 9.02. The molecule has 0 amide bonds. The molecular formula is C14H14BrClFNS. The summed E-state index contributed by atoms with van der Waals surface area (Å²) >= 11 is 11.1. The molecule has 1 atom stereocenters. The van der Waals surface area contributed by atoms with Crippen LogP contribution >= 0.6 is 38.9 Å². The van der Waals surface area contributed by atoms with Crippen LogP contribution in [-0.2, 0) is 0 Å². The molecule has 0 aliphatic rings. The second kappa shape index (κ2) is 6.35. The van der Waals surface area contributed by atoms with Gasteiger partial charge in [0.1, 0.15) is 10.2 Å². The van der Waals surface area contributed by atoms with E-state index in [1.165, 1.54) is 17.4 Å². The maximum absolute atomic E-state index is 13.4. The second-order valence-corrected chi connectivity index (χ2v) is 6.81. The number of rotatable bonds is 4. The first kappa shape index (κ1) is 15.0. The van der Waals surface area contributed by atoms with Gasteiger partial charge in [-0.25, -0.2) is 4.39 Å². The second-order valence-electron chi connectivity index (χ2n) is 4.27. The standard InChI is InChI=1S/C14H14BrClFNS/c1-3-18-13(12-7-10(15)14(16)19-12)9-4-5-11(17)8(2)6-9/h4-7,13,18H,3H2,1-2H3. The van der Waals surface area contributed by atoms with E-state index >= 15 is 0 Å². The van der Waals surface area contributed by atoms with Gasteiger partial charge in [-0.3, -0.25) is 0 Å². The molecule has 0 fully saturated rings. The summed E-state index contributed by atoms with van der Waals surface area (Å²) in [4.78, 5) is 1.12. The highest BCUT2D eigenvalue weighted by molar-refractivity contribution is 9.10. The van der Waals surface area contributed by atoms with Gasteiger partial charge in [0.05, 0.1) is 6.04 Å². The van der Waals surface area contributed by atoms with Crippen molar-refractivity contribution in [3.05, 3.63) is 54.9 Å². The predicted molar refractivity (Wildman–Crippen MR) is 83.7 cm³/mol. The zero-order valence-electron chi connectivity index (χ0n) is 10.6. The van der Waals surface area contributed by atoms with Crippen LogP contribution < -0.4 is 5.32 Å². The summed E-state index contributed by atoms with van der Waals surface area (Å²) in [5.74, 6) is -0.176. The lowest BCUT2D eigenvalue weighted by Gasteiger charge is -2.17. The molecular weight excluding hydrogens is 349 g/mol. The van der Waals surface area contributed by atoms with Gasteiger partial charge in [0.15, 0.2) is 0 Å². The van der Waals surface area contributed by atoms with E-state index in [1.807, 2.05) is 25.1 Å². The minimum atomic E-state index is -0.176. The van der Waals surface area contributed by atoms with Crippen molar-refractivity contribution >= 4 is 38.9 Å². The smallest absolute Gasteiger partial charge is 0.126 e. The maximum Gasteiger partial charge on any atom is 0.126 e. The van der Waals surface area contributed by atoms with Crippen LogP contribution in [0.25, 0.3) is 0 Å². The highest BCUT2D eigenvalue weighted by Gasteiger charge is 2.17. The number of halogens is 3. The van der Waals surface area contributed by atoms with E-state index in [1.54, 1.807) is 6.92 Å². The Labute approximate surface area is 129 Å². The fourth-order valence-corrected chi connectivity index (χ4v) is 3.78. The Kier molecular flexibility index (Phi) is 5.01. The third kappa shape index (κ3) is 3.37. The first-order valence-corrected chi connectivity index (χ1v) is 7.95. The molecule has 0 aliphatic heterocycles. The van der Waals surface area contributed by atoms with E-state index in [-0.39, 0.29) is 11.9 Å². The largest absolute Gasteiger partial charge is 0.306 e. The van der Waals surface area contributed by atoms with E-state index in [4.69, 9.17) is 11.6 Å². The summed E-state index contributed by atoms with van der Waals surface area (Å²) in [5.41, 5.74) is 1.70. The third-order valence-corrected chi connectivity index (χ3v) is 5.41. The fraction of sp³-hybridized carbons (Fsp3) is 0.286. The van der Waals surface area contributed by atoms with Crippen LogP contribution in [0.1, 0.15) is 29.0 Å². The quantitative estimate of drug-likeness (QED) is 0.777. The van der Waals surface area contributed by atoms with Crippen molar-refractivity contribution in [1.82, 2.24) is 5.32 Å². The molecule has 1 N–H and O–H groups in total. The average molecular weight is 363 g/mol. The summed E-state index contributed by atoms with van der Waals surface area (Å²) < 4.78 is 15.0. The van der Waals surface area contributed by atoms with Gasteiger partial charge in [0, 0.05) is 9.35 Å². The normalized spacial score (nSPS) is 12.7. The molecule has 1 unspecified atom stereocenters. The van der Waals surface area contributed by atoms with E-state index in [2.05, 4.69) is 21.2 Å². The zero-order valence-corrected chi connectivity index (χ0v) is 13.8. The molecule has 1 nitrogen and oxygen atoms in total. The Hall–Kier alpha value is -0.420. The van der Waals surface area contributed by atoms with Gasteiger partial charge in [-0.1, -0.05) is 30.7 Å². The average Bonchev–Trinajstić information content (AvgIpc) is 2.70. The van der Waals surface area contributed by atoms with E-state index < -0.39 is 0 Å². The summed E-state index contributed by atoms with van der Waals surface area (Å²) in [6.45, 7) is 4.65. The van der Waals surface area contributed by atoms with Gasteiger partial charge in [0.2, 0.25) is 0 Å². The van der Waals surface area contributed by atoms with Gasteiger partial charge in [0.25, 0.3) is 0 Å². The Balaban J connectivity index is 2.41. The molecule has 1 heterocycles. The number of thiophene rings is 1. The van der Waals surface area contributed by atoms with Crippen LogP contribution in [0.15, 0.2) is 28.7 Å². The minimum Gasteiger partial charge on any atom is -0.306 e. The Bertz CT molecular complexity index is 565. The highest BCUT2D eigenvalue weighted by Crippen LogP contribution is 2.37. The zero-order chi connectivity index (χ0) is 14.0. The molecule has 5 heteroatoms. The van der Waals surface area contributed by atoms with Crippen LogP contribution in [0.2, 0.25) is 4.34 Å². The van der Waals surface area contributed by atoms with Crippen LogP contribution in [0, 0.1) is 12.7 Å². The molecule has 0 aliphatic carbocycles. The summed E-state index contributed by atoms with van der Waals surface area (Å²) in [7, 11) is 0. The molecule has 0 bridgehead atoms. The highest BCUT2D eigenvalue weighted by atomic mass is 79.9. The molecule has 1 aromatic carbocycles. The van der Waals surface area contributed by atoms with Crippen LogP contribution in [0.5, 0.6) is 0 Å². The lowest BCUT2D eigenvalue weighted by molar-refractivity contribution is 0.609. The third-order valence-electron chi connectivity index (χ3n) is 2.87. The van der Waals surface area contributed by atoms with Crippen LogP contribution in [0.3, 0.4) is 0 Å².